The minimum absolute atomic E-state index is 0.106. The molecule has 0 bridgehead atoms. The van der Waals surface area contributed by atoms with E-state index in [1.54, 1.807) is 18.4 Å². The highest BCUT2D eigenvalue weighted by Crippen LogP contribution is 2.27. The average molecular weight is 318 g/mol. The van der Waals surface area contributed by atoms with Crippen molar-refractivity contribution in [3.8, 4) is 16.9 Å². The van der Waals surface area contributed by atoms with E-state index in [0.717, 1.165) is 29.2 Å². The monoisotopic (exact) mass is 318 g/mol. The van der Waals surface area contributed by atoms with Crippen molar-refractivity contribution in [1.82, 2.24) is 10.6 Å². The van der Waals surface area contributed by atoms with Crippen molar-refractivity contribution in [3.63, 3.8) is 0 Å². The molecule has 0 fully saturated rings. The molecule has 0 atom stereocenters. The molecule has 2 rings (SSSR count). The molecule has 22 heavy (non-hydrogen) atoms. The molecule has 118 valence electrons. The first-order chi connectivity index (χ1) is 10.7. The third-order valence-electron chi connectivity index (χ3n) is 3.37. The Kier molecular flexibility index (Phi) is 6.43. The largest absolute Gasteiger partial charge is 0.497 e. The third-order valence-corrected chi connectivity index (χ3v) is 4.30. The number of thiophene rings is 1. The van der Waals surface area contributed by atoms with Gasteiger partial charge in [0.1, 0.15) is 5.75 Å². The Bertz CT molecular complexity index is 593. The number of nitrogens with one attached hydrogen (secondary N) is 2. The van der Waals surface area contributed by atoms with Crippen LogP contribution in [0.1, 0.15) is 17.7 Å². The van der Waals surface area contributed by atoms with Crippen LogP contribution < -0.4 is 15.4 Å². The van der Waals surface area contributed by atoms with Gasteiger partial charge in [0.05, 0.1) is 13.7 Å². The van der Waals surface area contributed by atoms with Gasteiger partial charge in [-0.05, 0) is 54.7 Å². The number of methoxy groups -OCH3 is 1. The van der Waals surface area contributed by atoms with Crippen molar-refractivity contribution in [1.29, 1.82) is 0 Å². The van der Waals surface area contributed by atoms with Crippen LogP contribution in [0.4, 0.5) is 0 Å². The van der Waals surface area contributed by atoms with E-state index in [0.29, 0.717) is 13.0 Å². The summed E-state index contributed by atoms with van der Waals surface area (Å²) in [5.74, 6) is 0.961. The molecule has 1 heterocycles. The molecule has 0 aliphatic rings. The van der Waals surface area contributed by atoms with Crippen LogP contribution >= 0.6 is 11.3 Å². The van der Waals surface area contributed by atoms with Crippen LogP contribution in [0.2, 0.25) is 0 Å². The third kappa shape index (κ3) is 4.86. The molecule has 2 aromatic rings. The SMILES string of the molecule is CNCCCC(=O)NCc1cc(-c2ccc(OC)cc2)cs1. The maximum absolute atomic E-state index is 11.7. The fraction of sp³-hybridized carbons (Fsp3) is 0.353. The minimum Gasteiger partial charge on any atom is -0.497 e. The molecule has 4 nitrogen and oxygen atoms in total. The fourth-order valence-corrected chi connectivity index (χ4v) is 2.94. The summed E-state index contributed by atoms with van der Waals surface area (Å²) in [7, 11) is 3.56. The highest BCUT2D eigenvalue weighted by Gasteiger charge is 2.05. The van der Waals surface area contributed by atoms with Crippen LogP contribution in [0, 0.1) is 0 Å². The zero-order chi connectivity index (χ0) is 15.8. The normalized spacial score (nSPS) is 10.5. The molecule has 1 amide bonds. The van der Waals surface area contributed by atoms with Gasteiger partial charge in [0, 0.05) is 11.3 Å². The molecule has 5 heteroatoms. The van der Waals surface area contributed by atoms with Gasteiger partial charge >= 0.3 is 0 Å². The van der Waals surface area contributed by atoms with Crippen molar-refractivity contribution in [2.45, 2.75) is 19.4 Å². The Labute approximate surface area is 135 Å². The first-order valence-electron chi connectivity index (χ1n) is 7.36. The second kappa shape index (κ2) is 8.56. The number of benzene rings is 1. The standard InChI is InChI=1S/C17H22N2O2S/c1-18-9-3-4-17(20)19-11-16-10-14(12-22-16)13-5-7-15(21-2)8-6-13/h5-8,10,12,18H,3-4,9,11H2,1-2H3,(H,19,20). The highest BCUT2D eigenvalue weighted by atomic mass is 32.1. The van der Waals surface area contributed by atoms with Gasteiger partial charge in [-0.1, -0.05) is 12.1 Å². The summed E-state index contributed by atoms with van der Waals surface area (Å²) >= 11 is 1.67. The summed E-state index contributed by atoms with van der Waals surface area (Å²) in [6.45, 7) is 1.47. The van der Waals surface area contributed by atoms with E-state index in [1.165, 1.54) is 5.56 Å². The molecule has 0 saturated carbocycles. The summed E-state index contributed by atoms with van der Waals surface area (Å²) in [5, 5.41) is 8.12. The molecule has 0 spiro atoms. The van der Waals surface area contributed by atoms with Crippen molar-refractivity contribution in [3.05, 3.63) is 40.6 Å². The molecular formula is C17H22N2O2S. The van der Waals surface area contributed by atoms with Gasteiger partial charge in [0.15, 0.2) is 0 Å². The zero-order valence-electron chi connectivity index (χ0n) is 13.0. The number of carbonyl (C=O) groups excluding carboxylic acids is 1. The topological polar surface area (TPSA) is 50.4 Å². The molecule has 0 aliphatic carbocycles. The van der Waals surface area contributed by atoms with E-state index in [-0.39, 0.29) is 5.91 Å². The van der Waals surface area contributed by atoms with Crippen LogP contribution in [0.5, 0.6) is 5.75 Å². The van der Waals surface area contributed by atoms with E-state index < -0.39 is 0 Å². The Hall–Kier alpha value is -1.85. The average Bonchev–Trinajstić information content (AvgIpc) is 3.02. The van der Waals surface area contributed by atoms with Crippen LogP contribution in [0.25, 0.3) is 11.1 Å². The van der Waals surface area contributed by atoms with E-state index in [4.69, 9.17) is 4.74 Å². The van der Waals surface area contributed by atoms with Crippen molar-refractivity contribution in [2.24, 2.45) is 0 Å². The maximum atomic E-state index is 11.7. The number of amides is 1. The number of hydrogen-bond donors (Lipinski definition) is 2. The molecule has 1 aromatic heterocycles. The van der Waals surface area contributed by atoms with Crippen LogP contribution in [-0.4, -0.2) is 26.6 Å². The smallest absolute Gasteiger partial charge is 0.220 e. The Morgan fingerprint density at radius 2 is 2.00 bits per heavy atom. The number of hydrogen-bond acceptors (Lipinski definition) is 4. The number of carbonyl (C=O) groups is 1. The Balaban J connectivity index is 1.86. The van der Waals surface area contributed by atoms with Gasteiger partial charge in [0.25, 0.3) is 0 Å². The molecule has 0 unspecified atom stereocenters. The van der Waals surface area contributed by atoms with Crippen LogP contribution in [0.3, 0.4) is 0 Å². The van der Waals surface area contributed by atoms with Gasteiger partial charge in [-0.2, -0.15) is 0 Å². The quantitative estimate of drug-likeness (QED) is 0.736. The molecular weight excluding hydrogens is 296 g/mol. The zero-order valence-corrected chi connectivity index (χ0v) is 13.8. The number of ether oxygens (including phenoxy) is 1. The maximum Gasteiger partial charge on any atom is 0.220 e. The Morgan fingerprint density at radius 3 is 2.68 bits per heavy atom. The van der Waals surface area contributed by atoms with Crippen LogP contribution in [-0.2, 0) is 11.3 Å². The van der Waals surface area contributed by atoms with E-state index >= 15 is 0 Å². The van der Waals surface area contributed by atoms with Crippen molar-refractivity contribution in [2.75, 3.05) is 20.7 Å². The van der Waals surface area contributed by atoms with E-state index in [9.17, 15) is 4.79 Å². The summed E-state index contributed by atoms with van der Waals surface area (Å²) in [5.41, 5.74) is 2.33. The van der Waals surface area contributed by atoms with E-state index in [2.05, 4.69) is 22.1 Å². The minimum atomic E-state index is 0.106. The first-order valence-corrected chi connectivity index (χ1v) is 8.24. The molecule has 0 saturated heterocycles. The van der Waals surface area contributed by atoms with Gasteiger partial charge in [-0.25, -0.2) is 0 Å². The predicted octanol–water partition coefficient (Wildman–Crippen LogP) is 3.04. The summed E-state index contributed by atoms with van der Waals surface area (Å²) in [4.78, 5) is 12.9. The van der Waals surface area contributed by atoms with Gasteiger partial charge in [-0.15, -0.1) is 11.3 Å². The summed E-state index contributed by atoms with van der Waals surface area (Å²) < 4.78 is 5.17. The lowest BCUT2D eigenvalue weighted by Crippen LogP contribution is -2.23. The molecule has 0 radical (unpaired) electrons. The first kappa shape index (κ1) is 16.5. The molecule has 0 aliphatic heterocycles. The van der Waals surface area contributed by atoms with Crippen LogP contribution in [0.15, 0.2) is 35.7 Å². The lowest BCUT2D eigenvalue weighted by Gasteiger charge is -2.03. The van der Waals surface area contributed by atoms with E-state index in [1.807, 2.05) is 31.3 Å². The van der Waals surface area contributed by atoms with Crippen molar-refractivity contribution >= 4 is 17.2 Å². The predicted molar refractivity (Wildman–Crippen MR) is 91.3 cm³/mol. The highest BCUT2D eigenvalue weighted by molar-refractivity contribution is 7.10. The van der Waals surface area contributed by atoms with Gasteiger partial charge in [-0.3, -0.25) is 4.79 Å². The van der Waals surface area contributed by atoms with Gasteiger partial charge < -0.3 is 15.4 Å². The lowest BCUT2D eigenvalue weighted by atomic mass is 10.1. The summed E-state index contributed by atoms with van der Waals surface area (Å²) in [6.07, 6.45) is 1.43. The van der Waals surface area contributed by atoms with Gasteiger partial charge in [0.2, 0.25) is 5.91 Å². The van der Waals surface area contributed by atoms with Crippen molar-refractivity contribution < 1.29 is 9.53 Å². The fourth-order valence-electron chi connectivity index (χ4n) is 2.11. The molecule has 1 aromatic carbocycles. The lowest BCUT2D eigenvalue weighted by molar-refractivity contribution is -0.121. The number of rotatable bonds is 8. The second-order valence-corrected chi connectivity index (χ2v) is 6.01. The summed E-state index contributed by atoms with van der Waals surface area (Å²) in [6, 6.07) is 10.1. The Morgan fingerprint density at radius 1 is 1.23 bits per heavy atom. The second-order valence-electron chi connectivity index (χ2n) is 5.01. The molecule has 2 N–H and O–H groups in total.